The van der Waals surface area contributed by atoms with Crippen molar-refractivity contribution in [3.8, 4) is 0 Å². The van der Waals surface area contributed by atoms with Crippen LogP contribution in [-0.2, 0) is 14.3 Å². The second kappa shape index (κ2) is 8.75. The lowest BCUT2D eigenvalue weighted by atomic mass is 10.1. The first-order valence-corrected chi connectivity index (χ1v) is 5.77. The van der Waals surface area contributed by atoms with E-state index in [2.05, 4.69) is 12.2 Å². The molecule has 0 aromatic heterocycles. The molecule has 0 spiro atoms. The van der Waals surface area contributed by atoms with Gasteiger partial charge in [-0.15, -0.1) is 0 Å². The molecule has 0 aliphatic rings. The van der Waals surface area contributed by atoms with Crippen LogP contribution in [0.3, 0.4) is 0 Å². The molecule has 5 heteroatoms. The highest BCUT2D eigenvalue weighted by molar-refractivity contribution is 6.01. The molecule has 0 bridgehead atoms. The standard InChI is InChI=1S/C12H21NO4/c1-4-5-7-17-8-6-13-11(14)9(2)10(3)12(15)16/h4-8H2,1-3H3,(H,13,14)(H,15,16). The molecular weight excluding hydrogens is 222 g/mol. The van der Waals surface area contributed by atoms with Crippen LogP contribution >= 0.6 is 0 Å². The summed E-state index contributed by atoms with van der Waals surface area (Å²) in [5, 5.41) is 11.3. The minimum absolute atomic E-state index is 0.0643. The monoisotopic (exact) mass is 243 g/mol. The lowest BCUT2D eigenvalue weighted by Crippen LogP contribution is -2.29. The van der Waals surface area contributed by atoms with E-state index in [0.29, 0.717) is 19.8 Å². The van der Waals surface area contributed by atoms with E-state index < -0.39 is 5.97 Å². The molecule has 2 N–H and O–H groups in total. The van der Waals surface area contributed by atoms with E-state index in [-0.39, 0.29) is 17.1 Å². The molecule has 0 fully saturated rings. The molecule has 0 aromatic carbocycles. The summed E-state index contributed by atoms with van der Waals surface area (Å²) in [6.45, 7) is 6.52. The van der Waals surface area contributed by atoms with Crippen LogP contribution in [0, 0.1) is 0 Å². The van der Waals surface area contributed by atoms with Crippen LogP contribution in [0.1, 0.15) is 33.6 Å². The Morgan fingerprint density at radius 3 is 2.35 bits per heavy atom. The summed E-state index contributed by atoms with van der Waals surface area (Å²) < 4.78 is 5.27. The van der Waals surface area contributed by atoms with Gasteiger partial charge in [-0.3, -0.25) is 4.79 Å². The third-order valence-electron chi connectivity index (χ3n) is 2.40. The average molecular weight is 243 g/mol. The number of hydrogen-bond donors (Lipinski definition) is 2. The van der Waals surface area contributed by atoms with Gasteiger partial charge < -0.3 is 15.2 Å². The van der Waals surface area contributed by atoms with Gasteiger partial charge in [0.05, 0.1) is 6.61 Å². The first kappa shape index (κ1) is 15.6. The summed E-state index contributed by atoms with van der Waals surface area (Å²) in [7, 11) is 0. The summed E-state index contributed by atoms with van der Waals surface area (Å²) in [6, 6.07) is 0. The Morgan fingerprint density at radius 2 is 1.82 bits per heavy atom. The van der Waals surface area contributed by atoms with Gasteiger partial charge in [-0.25, -0.2) is 4.79 Å². The van der Waals surface area contributed by atoms with Crippen LogP contribution < -0.4 is 5.32 Å². The first-order chi connectivity index (χ1) is 8.00. The zero-order valence-electron chi connectivity index (χ0n) is 10.7. The third kappa shape index (κ3) is 6.73. The van der Waals surface area contributed by atoms with Crippen molar-refractivity contribution in [2.75, 3.05) is 19.8 Å². The number of hydrogen-bond acceptors (Lipinski definition) is 3. The molecule has 0 saturated carbocycles. The molecule has 0 saturated heterocycles. The summed E-state index contributed by atoms with van der Waals surface area (Å²) in [4.78, 5) is 22.1. The molecule has 0 rings (SSSR count). The zero-order chi connectivity index (χ0) is 13.3. The molecule has 0 heterocycles. The highest BCUT2D eigenvalue weighted by atomic mass is 16.5. The predicted molar refractivity (Wildman–Crippen MR) is 64.7 cm³/mol. The molecular formula is C12H21NO4. The molecule has 5 nitrogen and oxygen atoms in total. The van der Waals surface area contributed by atoms with Crippen molar-refractivity contribution >= 4 is 11.9 Å². The van der Waals surface area contributed by atoms with Gasteiger partial charge in [0, 0.05) is 24.3 Å². The van der Waals surface area contributed by atoms with Crippen molar-refractivity contribution in [3.05, 3.63) is 11.1 Å². The molecule has 0 unspecified atom stereocenters. The number of aliphatic carboxylic acids is 1. The van der Waals surface area contributed by atoms with Crippen molar-refractivity contribution < 1.29 is 19.4 Å². The minimum Gasteiger partial charge on any atom is -0.478 e. The topological polar surface area (TPSA) is 75.6 Å². The molecule has 0 atom stereocenters. The number of carbonyl (C=O) groups excluding carboxylic acids is 1. The van der Waals surface area contributed by atoms with E-state index in [9.17, 15) is 9.59 Å². The summed E-state index contributed by atoms with van der Waals surface area (Å²) >= 11 is 0. The van der Waals surface area contributed by atoms with E-state index in [0.717, 1.165) is 12.8 Å². The average Bonchev–Trinajstić information content (AvgIpc) is 2.31. The number of ether oxygens (including phenoxy) is 1. The zero-order valence-corrected chi connectivity index (χ0v) is 10.7. The van der Waals surface area contributed by atoms with Gasteiger partial charge in [-0.05, 0) is 20.3 Å². The molecule has 1 amide bonds. The Kier molecular flexibility index (Phi) is 8.05. The third-order valence-corrected chi connectivity index (χ3v) is 2.40. The number of nitrogens with one attached hydrogen (secondary N) is 1. The van der Waals surface area contributed by atoms with Gasteiger partial charge in [-0.1, -0.05) is 13.3 Å². The number of carbonyl (C=O) groups is 2. The van der Waals surface area contributed by atoms with Crippen LogP contribution in [-0.4, -0.2) is 36.7 Å². The highest BCUT2D eigenvalue weighted by Gasteiger charge is 2.11. The number of rotatable bonds is 8. The van der Waals surface area contributed by atoms with Crippen molar-refractivity contribution in [2.45, 2.75) is 33.6 Å². The van der Waals surface area contributed by atoms with E-state index in [1.54, 1.807) is 0 Å². The predicted octanol–water partition coefficient (Wildman–Crippen LogP) is 1.34. The van der Waals surface area contributed by atoms with Crippen LogP contribution in [0.2, 0.25) is 0 Å². The Hall–Kier alpha value is -1.36. The molecule has 0 radical (unpaired) electrons. The van der Waals surface area contributed by atoms with Gasteiger partial charge >= 0.3 is 5.97 Å². The van der Waals surface area contributed by atoms with Gasteiger partial charge in [0.25, 0.3) is 0 Å². The van der Waals surface area contributed by atoms with Crippen LogP contribution in [0.25, 0.3) is 0 Å². The number of carboxylic acid groups (broad SMARTS) is 1. The Bertz CT molecular complexity index is 297. The maximum atomic E-state index is 11.5. The molecule has 98 valence electrons. The van der Waals surface area contributed by atoms with Gasteiger partial charge in [-0.2, -0.15) is 0 Å². The normalized spacial score (nSPS) is 11.9. The van der Waals surface area contributed by atoms with E-state index in [1.807, 2.05) is 0 Å². The molecule has 0 aromatic rings. The van der Waals surface area contributed by atoms with E-state index in [4.69, 9.17) is 9.84 Å². The van der Waals surface area contributed by atoms with Crippen LogP contribution in [0.5, 0.6) is 0 Å². The molecule has 0 aliphatic carbocycles. The lowest BCUT2D eigenvalue weighted by molar-refractivity contribution is -0.133. The fourth-order valence-electron chi connectivity index (χ4n) is 1.05. The summed E-state index contributed by atoms with van der Waals surface area (Å²) in [5.41, 5.74) is 0.292. The van der Waals surface area contributed by atoms with E-state index in [1.165, 1.54) is 13.8 Å². The maximum Gasteiger partial charge on any atom is 0.331 e. The number of carboxylic acids is 1. The van der Waals surface area contributed by atoms with Crippen molar-refractivity contribution in [1.29, 1.82) is 0 Å². The molecule has 17 heavy (non-hydrogen) atoms. The number of amides is 1. The van der Waals surface area contributed by atoms with Crippen molar-refractivity contribution in [3.63, 3.8) is 0 Å². The Balaban J connectivity index is 3.87. The maximum absolute atomic E-state index is 11.5. The van der Waals surface area contributed by atoms with Crippen LogP contribution in [0.4, 0.5) is 0 Å². The smallest absolute Gasteiger partial charge is 0.331 e. The quantitative estimate of drug-likeness (QED) is 0.498. The lowest BCUT2D eigenvalue weighted by Gasteiger charge is -2.07. The second-order valence-corrected chi connectivity index (χ2v) is 3.78. The van der Waals surface area contributed by atoms with Crippen molar-refractivity contribution in [2.24, 2.45) is 0 Å². The van der Waals surface area contributed by atoms with Crippen LogP contribution in [0.15, 0.2) is 11.1 Å². The van der Waals surface area contributed by atoms with E-state index >= 15 is 0 Å². The Morgan fingerprint density at radius 1 is 1.18 bits per heavy atom. The fraction of sp³-hybridized carbons (Fsp3) is 0.667. The van der Waals surface area contributed by atoms with Gasteiger partial charge in [0.15, 0.2) is 0 Å². The summed E-state index contributed by atoms with van der Waals surface area (Å²) in [6.07, 6.45) is 2.08. The number of unbranched alkanes of at least 4 members (excludes halogenated alkanes) is 1. The Labute approximate surface area is 102 Å². The fourth-order valence-corrected chi connectivity index (χ4v) is 1.05. The largest absolute Gasteiger partial charge is 0.478 e. The van der Waals surface area contributed by atoms with Crippen molar-refractivity contribution in [1.82, 2.24) is 5.32 Å². The summed E-state index contributed by atoms with van der Waals surface area (Å²) in [5.74, 6) is -1.43. The highest BCUT2D eigenvalue weighted by Crippen LogP contribution is 2.02. The first-order valence-electron chi connectivity index (χ1n) is 5.77. The SMILES string of the molecule is CCCCOCCNC(=O)C(C)=C(C)C(=O)O. The minimum atomic E-state index is -1.07. The second-order valence-electron chi connectivity index (χ2n) is 3.78. The molecule has 0 aliphatic heterocycles. The van der Waals surface area contributed by atoms with Gasteiger partial charge in [0.2, 0.25) is 5.91 Å². The van der Waals surface area contributed by atoms with Gasteiger partial charge in [0.1, 0.15) is 0 Å².